The molecule has 5 nitrogen and oxygen atoms in total. The molecule has 2 amide bonds. The van der Waals surface area contributed by atoms with E-state index in [4.69, 9.17) is 5.11 Å². The summed E-state index contributed by atoms with van der Waals surface area (Å²) in [6.45, 7) is 6.37. The summed E-state index contributed by atoms with van der Waals surface area (Å²) in [6.07, 6.45) is 5.63. The maximum Gasteiger partial charge on any atom is 0.323 e. The lowest BCUT2D eigenvalue weighted by Gasteiger charge is -2.38. The number of carbonyl (C=O) groups is 2. The van der Waals surface area contributed by atoms with Gasteiger partial charge in [-0.05, 0) is 25.7 Å². The van der Waals surface area contributed by atoms with Crippen LogP contribution in [0.1, 0.15) is 32.6 Å². The highest BCUT2D eigenvalue weighted by Gasteiger charge is 2.29. The third-order valence-electron chi connectivity index (χ3n) is 3.29. The predicted octanol–water partition coefficient (Wildman–Crippen LogP) is 1.94. The van der Waals surface area contributed by atoms with Crippen molar-refractivity contribution in [3.05, 3.63) is 12.7 Å². The van der Waals surface area contributed by atoms with Gasteiger partial charge in [0.15, 0.2) is 0 Å². The second-order valence-corrected chi connectivity index (χ2v) is 4.60. The van der Waals surface area contributed by atoms with E-state index in [0.29, 0.717) is 0 Å². The Morgan fingerprint density at radius 3 is 2.78 bits per heavy atom. The fourth-order valence-corrected chi connectivity index (χ4v) is 2.39. The molecule has 1 saturated heterocycles. The molecular formula is C13H22N2O3. The molecule has 1 heterocycles. The molecule has 0 spiro atoms. The van der Waals surface area contributed by atoms with Crippen molar-refractivity contribution in [2.75, 3.05) is 19.6 Å². The molecule has 1 aliphatic heterocycles. The van der Waals surface area contributed by atoms with Crippen molar-refractivity contribution < 1.29 is 14.7 Å². The molecule has 102 valence electrons. The van der Waals surface area contributed by atoms with Gasteiger partial charge in [0.1, 0.15) is 6.54 Å². The first-order chi connectivity index (χ1) is 8.60. The van der Waals surface area contributed by atoms with Crippen molar-refractivity contribution in [3.63, 3.8) is 0 Å². The van der Waals surface area contributed by atoms with Crippen LogP contribution in [0.15, 0.2) is 12.7 Å². The third-order valence-corrected chi connectivity index (χ3v) is 3.29. The number of hydrogen-bond donors (Lipinski definition) is 1. The zero-order chi connectivity index (χ0) is 13.5. The molecular weight excluding hydrogens is 232 g/mol. The smallest absolute Gasteiger partial charge is 0.323 e. The van der Waals surface area contributed by atoms with E-state index in [-0.39, 0.29) is 25.2 Å². The van der Waals surface area contributed by atoms with E-state index in [0.717, 1.165) is 32.2 Å². The SMILES string of the molecule is C=CCN(CC(=O)O)C(=O)N1CCCCC1CC. The van der Waals surface area contributed by atoms with Crippen LogP contribution < -0.4 is 0 Å². The summed E-state index contributed by atoms with van der Waals surface area (Å²) in [5.74, 6) is -0.991. The van der Waals surface area contributed by atoms with Gasteiger partial charge in [-0.3, -0.25) is 4.79 Å². The molecule has 1 unspecified atom stereocenters. The summed E-state index contributed by atoms with van der Waals surface area (Å²) in [6, 6.07) is 0.0659. The molecule has 1 N–H and O–H groups in total. The van der Waals surface area contributed by atoms with Crippen molar-refractivity contribution in [2.24, 2.45) is 0 Å². The Labute approximate surface area is 108 Å². The summed E-state index contributed by atoms with van der Waals surface area (Å²) < 4.78 is 0. The van der Waals surface area contributed by atoms with Crippen LogP contribution in [0.5, 0.6) is 0 Å². The fraction of sp³-hybridized carbons (Fsp3) is 0.692. The highest BCUT2D eigenvalue weighted by atomic mass is 16.4. The predicted molar refractivity (Wildman–Crippen MR) is 69.4 cm³/mol. The molecule has 18 heavy (non-hydrogen) atoms. The average Bonchev–Trinajstić information content (AvgIpc) is 2.37. The Morgan fingerprint density at radius 2 is 2.22 bits per heavy atom. The summed E-state index contributed by atoms with van der Waals surface area (Å²) in [7, 11) is 0. The molecule has 0 aromatic heterocycles. The van der Waals surface area contributed by atoms with Crippen molar-refractivity contribution in [2.45, 2.75) is 38.6 Å². The van der Waals surface area contributed by atoms with E-state index in [1.165, 1.54) is 4.90 Å². The fourth-order valence-electron chi connectivity index (χ4n) is 2.39. The zero-order valence-electron chi connectivity index (χ0n) is 11.0. The van der Waals surface area contributed by atoms with Gasteiger partial charge in [-0.25, -0.2) is 4.79 Å². The van der Waals surface area contributed by atoms with E-state index in [9.17, 15) is 9.59 Å². The number of carboxylic acids is 1. The number of urea groups is 1. The van der Waals surface area contributed by atoms with Gasteiger partial charge in [-0.15, -0.1) is 6.58 Å². The van der Waals surface area contributed by atoms with Crippen LogP contribution in [0.3, 0.4) is 0 Å². The Morgan fingerprint density at radius 1 is 1.50 bits per heavy atom. The van der Waals surface area contributed by atoms with Gasteiger partial charge in [0.05, 0.1) is 0 Å². The largest absolute Gasteiger partial charge is 0.480 e. The maximum absolute atomic E-state index is 12.3. The standard InChI is InChI=1S/C13H22N2O3/c1-3-8-14(10-12(16)17)13(18)15-9-6-5-7-11(15)4-2/h3,11H,1,4-10H2,2H3,(H,16,17). The first-order valence-electron chi connectivity index (χ1n) is 6.48. The number of piperidine rings is 1. The third kappa shape index (κ3) is 3.75. The monoisotopic (exact) mass is 254 g/mol. The molecule has 1 aliphatic rings. The highest BCUT2D eigenvalue weighted by Crippen LogP contribution is 2.20. The molecule has 0 saturated carbocycles. The molecule has 5 heteroatoms. The van der Waals surface area contributed by atoms with Crippen LogP contribution in [0.4, 0.5) is 4.79 Å². The number of amides is 2. The van der Waals surface area contributed by atoms with Gasteiger partial charge in [0, 0.05) is 19.1 Å². The van der Waals surface area contributed by atoms with Crippen LogP contribution >= 0.6 is 0 Å². The Bertz CT molecular complexity index is 317. The second-order valence-electron chi connectivity index (χ2n) is 4.60. The normalized spacial score (nSPS) is 19.4. The van der Waals surface area contributed by atoms with Gasteiger partial charge >= 0.3 is 12.0 Å². The van der Waals surface area contributed by atoms with E-state index in [1.54, 1.807) is 6.08 Å². The molecule has 0 bridgehead atoms. The minimum absolute atomic E-state index is 0.177. The van der Waals surface area contributed by atoms with Crippen molar-refractivity contribution in [1.29, 1.82) is 0 Å². The maximum atomic E-state index is 12.3. The van der Waals surface area contributed by atoms with Crippen molar-refractivity contribution in [1.82, 2.24) is 9.80 Å². The second kappa shape index (κ2) is 7.03. The van der Waals surface area contributed by atoms with Crippen molar-refractivity contribution >= 4 is 12.0 Å². The van der Waals surface area contributed by atoms with Crippen LogP contribution in [-0.4, -0.2) is 52.6 Å². The van der Waals surface area contributed by atoms with Gasteiger partial charge < -0.3 is 14.9 Å². The average molecular weight is 254 g/mol. The number of likely N-dealkylation sites (tertiary alicyclic amines) is 1. The van der Waals surface area contributed by atoms with Crippen molar-refractivity contribution in [3.8, 4) is 0 Å². The molecule has 0 aliphatic carbocycles. The minimum Gasteiger partial charge on any atom is -0.480 e. The number of carbonyl (C=O) groups excluding carboxylic acids is 1. The van der Waals surface area contributed by atoms with E-state index < -0.39 is 5.97 Å². The first kappa shape index (κ1) is 14.5. The number of hydrogen-bond acceptors (Lipinski definition) is 2. The van der Waals surface area contributed by atoms with Crippen LogP contribution in [-0.2, 0) is 4.79 Å². The van der Waals surface area contributed by atoms with Gasteiger partial charge in [-0.2, -0.15) is 0 Å². The van der Waals surface area contributed by atoms with Gasteiger partial charge in [0.25, 0.3) is 0 Å². The Kier molecular flexibility index (Phi) is 5.68. The lowest BCUT2D eigenvalue weighted by atomic mass is 10.0. The number of carboxylic acid groups (broad SMARTS) is 1. The van der Waals surface area contributed by atoms with Crippen LogP contribution in [0.25, 0.3) is 0 Å². The van der Waals surface area contributed by atoms with E-state index in [2.05, 4.69) is 13.5 Å². The topological polar surface area (TPSA) is 60.9 Å². The zero-order valence-corrected chi connectivity index (χ0v) is 11.0. The summed E-state index contributed by atoms with van der Waals surface area (Å²) in [5, 5.41) is 8.83. The number of aliphatic carboxylic acids is 1. The molecule has 1 fully saturated rings. The first-order valence-corrected chi connectivity index (χ1v) is 6.48. The minimum atomic E-state index is -0.991. The van der Waals surface area contributed by atoms with E-state index in [1.807, 2.05) is 4.90 Å². The molecule has 0 aromatic rings. The number of nitrogens with zero attached hydrogens (tertiary/aromatic N) is 2. The van der Waals surface area contributed by atoms with Crippen LogP contribution in [0.2, 0.25) is 0 Å². The van der Waals surface area contributed by atoms with Crippen LogP contribution in [0, 0.1) is 0 Å². The molecule has 0 radical (unpaired) electrons. The molecule has 1 rings (SSSR count). The molecule has 1 atom stereocenters. The quantitative estimate of drug-likeness (QED) is 0.763. The lowest BCUT2D eigenvalue weighted by Crippen LogP contribution is -2.51. The van der Waals surface area contributed by atoms with E-state index >= 15 is 0 Å². The Hall–Kier alpha value is -1.52. The number of rotatable bonds is 5. The van der Waals surface area contributed by atoms with Gasteiger partial charge in [0.2, 0.25) is 0 Å². The molecule has 0 aromatic carbocycles. The summed E-state index contributed by atoms with van der Waals surface area (Å²) in [5.41, 5.74) is 0. The van der Waals surface area contributed by atoms with Gasteiger partial charge in [-0.1, -0.05) is 13.0 Å². The lowest BCUT2D eigenvalue weighted by molar-refractivity contribution is -0.137. The highest BCUT2D eigenvalue weighted by molar-refractivity contribution is 5.80. The summed E-state index contributed by atoms with van der Waals surface area (Å²) in [4.78, 5) is 26.3. The Balaban J connectivity index is 2.73. The summed E-state index contributed by atoms with van der Waals surface area (Å²) >= 11 is 0.